The molecule has 1 heterocycles. The Hall–Kier alpha value is -2.01. The Morgan fingerprint density at radius 1 is 1.30 bits per heavy atom. The Labute approximate surface area is 118 Å². The minimum Gasteiger partial charge on any atom is -0.505 e. The van der Waals surface area contributed by atoms with Gasteiger partial charge in [0.05, 0.1) is 38.5 Å². The lowest BCUT2D eigenvalue weighted by molar-refractivity contribution is -0.133. The van der Waals surface area contributed by atoms with E-state index in [-0.39, 0.29) is 11.9 Å². The minimum atomic E-state index is -0.691. The molecular formula is C15H19NO4. The highest BCUT2D eigenvalue weighted by Gasteiger charge is 2.49. The van der Waals surface area contributed by atoms with Gasteiger partial charge in [0.1, 0.15) is 5.75 Å². The first-order valence-electron chi connectivity index (χ1n) is 6.44. The summed E-state index contributed by atoms with van der Waals surface area (Å²) in [7, 11) is 3.14. The van der Waals surface area contributed by atoms with Crippen molar-refractivity contribution in [3.63, 3.8) is 0 Å². The van der Waals surface area contributed by atoms with E-state index < -0.39 is 12.0 Å². The molecule has 1 saturated heterocycles. The van der Waals surface area contributed by atoms with Gasteiger partial charge in [-0.15, -0.1) is 0 Å². The van der Waals surface area contributed by atoms with Gasteiger partial charge < -0.3 is 19.5 Å². The van der Waals surface area contributed by atoms with Gasteiger partial charge in [-0.2, -0.15) is 0 Å². The molecule has 1 amide bonds. The number of aliphatic hydroxyl groups excluding tert-OH is 1. The molecule has 20 heavy (non-hydrogen) atoms. The zero-order valence-electron chi connectivity index (χ0n) is 11.8. The second kappa shape index (κ2) is 5.96. The molecule has 0 spiro atoms. The smallest absolute Gasteiger partial charge is 0.235 e. The molecule has 1 aliphatic heterocycles. The zero-order valence-corrected chi connectivity index (χ0v) is 11.8. The third kappa shape index (κ3) is 2.49. The van der Waals surface area contributed by atoms with E-state index in [9.17, 15) is 9.90 Å². The summed E-state index contributed by atoms with van der Waals surface area (Å²) in [6.45, 7) is 1.63. The van der Waals surface area contributed by atoms with E-state index in [2.05, 4.69) is 0 Å². The van der Waals surface area contributed by atoms with Gasteiger partial charge in [0.15, 0.2) is 0 Å². The Bertz CT molecular complexity index is 495. The lowest BCUT2D eigenvalue weighted by Crippen LogP contribution is -2.63. The number of carbonyl (C=O) groups excluding carboxylic acids is 1. The Morgan fingerprint density at radius 2 is 1.95 bits per heavy atom. The number of β-lactam (4-membered cyclic amide) rings is 1. The molecule has 0 radical (unpaired) electrons. The van der Waals surface area contributed by atoms with E-state index in [4.69, 9.17) is 9.47 Å². The maximum Gasteiger partial charge on any atom is 0.235 e. The number of ether oxygens (including phenoxy) is 2. The predicted molar refractivity (Wildman–Crippen MR) is 75.6 cm³/mol. The fraction of sp³-hybridized carbons (Fsp3) is 0.400. The second-order valence-electron chi connectivity index (χ2n) is 4.73. The number of methoxy groups -OCH3 is 2. The summed E-state index contributed by atoms with van der Waals surface area (Å²) >= 11 is 0. The number of amides is 1. The van der Waals surface area contributed by atoms with Gasteiger partial charge in [0, 0.05) is 5.69 Å². The summed E-state index contributed by atoms with van der Waals surface area (Å²) < 4.78 is 10.0. The maximum absolute atomic E-state index is 12.2. The van der Waals surface area contributed by atoms with E-state index in [0.29, 0.717) is 0 Å². The van der Waals surface area contributed by atoms with Crippen LogP contribution in [0.25, 0.3) is 0 Å². The van der Waals surface area contributed by atoms with Crippen LogP contribution in [0.4, 0.5) is 5.69 Å². The maximum atomic E-state index is 12.2. The third-order valence-corrected chi connectivity index (χ3v) is 3.47. The Kier molecular flexibility index (Phi) is 4.29. The second-order valence-corrected chi connectivity index (χ2v) is 4.73. The molecule has 5 heteroatoms. The van der Waals surface area contributed by atoms with Crippen molar-refractivity contribution in [3.05, 3.63) is 36.6 Å². The monoisotopic (exact) mass is 277 g/mol. The van der Waals surface area contributed by atoms with Crippen molar-refractivity contribution in [2.45, 2.75) is 19.1 Å². The van der Waals surface area contributed by atoms with Crippen LogP contribution in [0.15, 0.2) is 36.6 Å². The van der Waals surface area contributed by atoms with E-state index in [1.165, 1.54) is 6.26 Å². The molecule has 1 N–H and O–H groups in total. The molecule has 1 aliphatic rings. The van der Waals surface area contributed by atoms with Gasteiger partial charge >= 0.3 is 0 Å². The molecule has 2 rings (SSSR count). The number of carbonyl (C=O) groups is 1. The third-order valence-electron chi connectivity index (χ3n) is 3.47. The van der Waals surface area contributed by atoms with E-state index >= 15 is 0 Å². The highest BCUT2D eigenvalue weighted by atomic mass is 16.5. The van der Waals surface area contributed by atoms with Crippen molar-refractivity contribution in [2.75, 3.05) is 19.1 Å². The molecule has 1 aromatic rings. The fourth-order valence-electron chi connectivity index (χ4n) is 2.43. The van der Waals surface area contributed by atoms with Crippen LogP contribution in [0.5, 0.6) is 5.75 Å². The molecule has 0 aliphatic carbocycles. The first-order chi connectivity index (χ1) is 9.60. The van der Waals surface area contributed by atoms with Crippen molar-refractivity contribution in [2.24, 2.45) is 5.92 Å². The summed E-state index contributed by atoms with van der Waals surface area (Å²) in [4.78, 5) is 13.8. The van der Waals surface area contributed by atoms with Crippen LogP contribution in [-0.2, 0) is 9.53 Å². The van der Waals surface area contributed by atoms with Crippen LogP contribution in [-0.4, -0.2) is 37.4 Å². The number of hydrogen-bond donors (Lipinski definition) is 1. The van der Waals surface area contributed by atoms with Crippen molar-refractivity contribution in [1.82, 2.24) is 0 Å². The van der Waals surface area contributed by atoms with Crippen molar-refractivity contribution >= 4 is 11.6 Å². The fourth-order valence-corrected chi connectivity index (χ4v) is 2.43. The Balaban J connectivity index is 2.24. The zero-order chi connectivity index (χ0) is 14.7. The standard InChI is InChI=1S/C15H19NO4/c1-10(17)14-13(8-9-19-2)16(15(14)18)11-4-6-12(20-3)7-5-11/h4-10,13-14,17H,1-3H3/b9-8+/t10-,13-,14+/m0/s1. The van der Waals surface area contributed by atoms with E-state index in [1.54, 1.807) is 44.3 Å². The molecule has 3 atom stereocenters. The summed E-state index contributed by atoms with van der Waals surface area (Å²) in [6, 6.07) is 7.05. The van der Waals surface area contributed by atoms with E-state index in [0.717, 1.165) is 11.4 Å². The minimum absolute atomic E-state index is 0.0871. The lowest BCUT2D eigenvalue weighted by atomic mass is 9.82. The van der Waals surface area contributed by atoms with Crippen LogP contribution in [0.3, 0.4) is 0 Å². The number of aliphatic hydroxyl groups is 1. The molecule has 108 valence electrons. The number of nitrogens with zero attached hydrogens (tertiary/aromatic N) is 1. The lowest BCUT2D eigenvalue weighted by Gasteiger charge is -2.46. The normalized spacial score (nSPS) is 23.6. The van der Waals surface area contributed by atoms with Crippen LogP contribution in [0.2, 0.25) is 0 Å². The topological polar surface area (TPSA) is 59.0 Å². The first kappa shape index (κ1) is 14.4. The molecule has 0 aromatic heterocycles. The van der Waals surface area contributed by atoms with Gasteiger partial charge in [-0.05, 0) is 37.3 Å². The van der Waals surface area contributed by atoms with Gasteiger partial charge in [-0.25, -0.2) is 0 Å². The SMILES string of the molecule is CO/C=C/[C@H]1[C@@H]([C@H](C)O)C(=O)N1c1ccc(OC)cc1. The van der Waals surface area contributed by atoms with Crippen molar-refractivity contribution in [3.8, 4) is 5.75 Å². The molecule has 0 saturated carbocycles. The highest BCUT2D eigenvalue weighted by molar-refractivity contribution is 6.04. The molecular weight excluding hydrogens is 258 g/mol. The molecule has 1 fully saturated rings. The Morgan fingerprint density at radius 3 is 2.45 bits per heavy atom. The predicted octanol–water partition coefficient (Wildman–Crippen LogP) is 1.57. The average molecular weight is 277 g/mol. The van der Waals surface area contributed by atoms with Crippen molar-refractivity contribution < 1.29 is 19.4 Å². The number of anilines is 1. The summed E-state index contributed by atoms with van der Waals surface area (Å²) in [5.41, 5.74) is 0.776. The average Bonchev–Trinajstić information content (AvgIpc) is 2.43. The number of hydrogen-bond acceptors (Lipinski definition) is 4. The van der Waals surface area contributed by atoms with Gasteiger partial charge in [0.25, 0.3) is 0 Å². The molecule has 1 aromatic carbocycles. The first-order valence-corrected chi connectivity index (χ1v) is 6.44. The number of benzene rings is 1. The summed E-state index contributed by atoms with van der Waals surface area (Å²) in [5.74, 6) is 0.220. The van der Waals surface area contributed by atoms with Crippen LogP contribution in [0, 0.1) is 5.92 Å². The summed E-state index contributed by atoms with van der Waals surface area (Å²) in [6.07, 6.45) is 2.62. The highest BCUT2D eigenvalue weighted by Crippen LogP contribution is 2.36. The van der Waals surface area contributed by atoms with Gasteiger partial charge in [-0.3, -0.25) is 4.79 Å². The van der Waals surface area contributed by atoms with Gasteiger partial charge in [-0.1, -0.05) is 0 Å². The van der Waals surface area contributed by atoms with Crippen molar-refractivity contribution in [1.29, 1.82) is 0 Å². The quantitative estimate of drug-likeness (QED) is 0.655. The number of rotatable bonds is 5. The molecule has 0 unspecified atom stereocenters. The van der Waals surface area contributed by atoms with Crippen LogP contribution in [0.1, 0.15) is 6.92 Å². The van der Waals surface area contributed by atoms with E-state index in [1.807, 2.05) is 12.1 Å². The van der Waals surface area contributed by atoms with Crippen LogP contribution < -0.4 is 9.64 Å². The molecule has 5 nitrogen and oxygen atoms in total. The van der Waals surface area contributed by atoms with Gasteiger partial charge in [0.2, 0.25) is 5.91 Å². The molecule has 0 bridgehead atoms. The van der Waals surface area contributed by atoms with Crippen LogP contribution >= 0.6 is 0 Å². The largest absolute Gasteiger partial charge is 0.505 e. The summed E-state index contributed by atoms with van der Waals surface area (Å²) in [5, 5.41) is 9.72.